The largest absolute Gasteiger partial charge is 0.463 e. The van der Waals surface area contributed by atoms with E-state index in [1.807, 2.05) is 6.92 Å². The van der Waals surface area contributed by atoms with Gasteiger partial charge in [0.25, 0.3) is 0 Å². The van der Waals surface area contributed by atoms with Crippen molar-refractivity contribution in [3.05, 3.63) is 12.2 Å². The van der Waals surface area contributed by atoms with Crippen LogP contribution in [0.3, 0.4) is 0 Å². The average molecular weight is 427 g/mol. The average Bonchev–Trinajstić information content (AvgIpc) is 2.73. The van der Waals surface area contributed by atoms with E-state index in [2.05, 4.69) is 19.1 Å². The Bertz CT molecular complexity index is 433. The van der Waals surface area contributed by atoms with Crippen molar-refractivity contribution < 1.29 is 24.2 Å². The number of hydrogen-bond donors (Lipinski definition) is 1. The first-order valence-electron chi connectivity index (χ1n) is 12.2. The van der Waals surface area contributed by atoms with Gasteiger partial charge in [0.05, 0.1) is 0 Å². The van der Waals surface area contributed by atoms with E-state index in [1.165, 1.54) is 57.8 Å². The molecule has 5 heteroatoms. The monoisotopic (exact) mass is 426 g/mol. The molecule has 0 bridgehead atoms. The van der Waals surface area contributed by atoms with Crippen LogP contribution in [-0.4, -0.2) is 36.4 Å². The topological polar surface area (TPSA) is 72.8 Å². The molecule has 0 saturated carbocycles. The maximum absolute atomic E-state index is 11.7. The molecule has 0 heterocycles. The Morgan fingerprint density at radius 3 is 1.67 bits per heavy atom. The van der Waals surface area contributed by atoms with Crippen molar-refractivity contribution >= 4 is 11.9 Å². The molecular weight excluding hydrogens is 380 g/mol. The third-order valence-electron chi connectivity index (χ3n) is 4.97. The minimum atomic E-state index is -0.955. The van der Waals surface area contributed by atoms with Gasteiger partial charge in [-0.25, -0.2) is 0 Å². The van der Waals surface area contributed by atoms with Crippen LogP contribution in [0, 0.1) is 0 Å². The standard InChI is InChI=1S/C25H46O5/c1-3-5-6-7-8-9-10-11-12-13-14-15-16-17-18-20-25(28)30-22-23(26)21-29-24(27)19-4-2/h11-12,23,26H,3-10,13-22H2,1-2H3/b12-11+. The van der Waals surface area contributed by atoms with Crippen molar-refractivity contribution in [2.24, 2.45) is 0 Å². The van der Waals surface area contributed by atoms with Gasteiger partial charge in [0.15, 0.2) is 0 Å². The highest BCUT2D eigenvalue weighted by Crippen LogP contribution is 2.10. The second-order valence-corrected chi connectivity index (χ2v) is 8.10. The van der Waals surface area contributed by atoms with Crippen LogP contribution >= 0.6 is 0 Å². The molecule has 0 aliphatic carbocycles. The first-order chi connectivity index (χ1) is 14.6. The summed E-state index contributed by atoms with van der Waals surface area (Å²) in [4.78, 5) is 22.9. The second kappa shape index (κ2) is 22.3. The van der Waals surface area contributed by atoms with Crippen LogP contribution in [0.2, 0.25) is 0 Å². The summed E-state index contributed by atoms with van der Waals surface area (Å²) in [5, 5.41) is 9.66. The fraction of sp³-hybridized carbons (Fsp3) is 0.840. The Morgan fingerprint density at radius 2 is 1.13 bits per heavy atom. The Kier molecular flexibility index (Phi) is 21.3. The van der Waals surface area contributed by atoms with Gasteiger partial charge in [0, 0.05) is 12.8 Å². The molecule has 1 N–H and O–H groups in total. The fourth-order valence-electron chi connectivity index (χ4n) is 3.11. The van der Waals surface area contributed by atoms with Crippen LogP contribution in [0.15, 0.2) is 12.2 Å². The summed E-state index contributed by atoms with van der Waals surface area (Å²) in [6, 6.07) is 0. The van der Waals surface area contributed by atoms with E-state index in [1.54, 1.807) is 0 Å². The first kappa shape index (κ1) is 28.6. The number of unbranched alkanes of at least 4 members (excludes halogenated alkanes) is 11. The number of carbonyl (C=O) groups excluding carboxylic acids is 2. The quantitative estimate of drug-likeness (QED) is 0.133. The third kappa shape index (κ3) is 21.4. The highest BCUT2D eigenvalue weighted by molar-refractivity contribution is 5.69. The summed E-state index contributed by atoms with van der Waals surface area (Å²) in [5.41, 5.74) is 0. The van der Waals surface area contributed by atoms with E-state index in [0.717, 1.165) is 25.7 Å². The van der Waals surface area contributed by atoms with Gasteiger partial charge in [0.1, 0.15) is 19.3 Å². The number of esters is 2. The van der Waals surface area contributed by atoms with Crippen molar-refractivity contribution in [1.82, 2.24) is 0 Å². The molecule has 1 unspecified atom stereocenters. The Morgan fingerprint density at radius 1 is 0.667 bits per heavy atom. The number of aliphatic hydroxyl groups is 1. The van der Waals surface area contributed by atoms with Crippen LogP contribution in [0.5, 0.6) is 0 Å². The minimum Gasteiger partial charge on any atom is -0.463 e. The maximum Gasteiger partial charge on any atom is 0.305 e. The third-order valence-corrected chi connectivity index (χ3v) is 4.97. The molecule has 0 fully saturated rings. The van der Waals surface area contributed by atoms with Gasteiger partial charge in [-0.3, -0.25) is 9.59 Å². The molecule has 0 aromatic carbocycles. The lowest BCUT2D eigenvalue weighted by Gasteiger charge is -2.11. The SMILES string of the molecule is CCCCCCCC/C=C/CCCCCCCC(=O)OCC(O)COC(=O)CCC. The van der Waals surface area contributed by atoms with Crippen LogP contribution in [0.1, 0.15) is 117 Å². The molecule has 0 aliphatic heterocycles. The first-order valence-corrected chi connectivity index (χ1v) is 12.2. The number of aliphatic hydroxyl groups excluding tert-OH is 1. The number of allylic oxidation sites excluding steroid dienone is 2. The van der Waals surface area contributed by atoms with E-state index in [-0.39, 0.29) is 25.2 Å². The Balaban J connectivity index is 3.38. The molecule has 1 atom stereocenters. The highest BCUT2D eigenvalue weighted by atomic mass is 16.6. The minimum absolute atomic E-state index is 0.122. The van der Waals surface area contributed by atoms with Gasteiger partial charge in [-0.2, -0.15) is 0 Å². The number of hydrogen-bond acceptors (Lipinski definition) is 5. The van der Waals surface area contributed by atoms with Crippen LogP contribution < -0.4 is 0 Å². The van der Waals surface area contributed by atoms with E-state index in [4.69, 9.17) is 9.47 Å². The number of carbonyl (C=O) groups is 2. The van der Waals surface area contributed by atoms with Gasteiger partial charge in [-0.1, -0.05) is 77.4 Å². The van der Waals surface area contributed by atoms with E-state index in [9.17, 15) is 14.7 Å². The van der Waals surface area contributed by atoms with Gasteiger partial charge >= 0.3 is 11.9 Å². The predicted molar refractivity (Wildman–Crippen MR) is 122 cm³/mol. The summed E-state index contributed by atoms with van der Waals surface area (Å²) < 4.78 is 9.91. The maximum atomic E-state index is 11.7. The molecule has 0 spiro atoms. The zero-order chi connectivity index (χ0) is 22.3. The van der Waals surface area contributed by atoms with Gasteiger partial charge < -0.3 is 14.6 Å². The molecule has 30 heavy (non-hydrogen) atoms. The van der Waals surface area contributed by atoms with Crippen molar-refractivity contribution in [1.29, 1.82) is 0 Å². The molecule has 0 radical (unpaired) electrons. The molecule has 176 valence electrons. The zero-order valence-electron chi connectivity index (χ0n) is 19.5. The fourth-order valence-corrected chi connectivity index (χ4v) is 3.11. The van der Waals surface area contributed by atoms with Crippen molar-refractivity contribution in [3.63, 3.8) is 0 Å². The summed E-state index contributed by atoms with van der Waals surface area (Å²) >= 11 is 0. The Labute approximate surface area is 184 Å². The molecular formula is C25H46O5. The molecule has 0 aliphatic rings. The van der Waals surface area contributed by atoms with Crippen LogP contribution in [0.25, 0.3) is 0 Å². The molecule has 0 amide bonds. The number of rotatable bonds is 21. The smallest absolute Gasteiger partial charge is 0.305 e. The molecule has 0 rings (SSSR count). The molecule has 5 nitrogen and oxygen atoms in total. The van der Waals surface area contributed by atoms with Crippen LogP contribution in [0.4, 0.5) is 0 Å². The van der Waals surface area contributed by atoms with Crippen LogP contribution in [-0.2, 0) is 19.1 Å². The van der Waals surface area contributed by atoms with Crippen molar-refractivity contribution in [2.45, 2.75) is 123 Å². The zero-order valence-corrected chi connectivity index (χ0v) is 19.5. The van der Waals surface area contributed by atoms with Gasteiger partial charge in [-0.15, -0.1) is 0 Å². The highest BCUT2D eigenvalue weighted by Gasteiger charge is 2.11. The lowest BCUT2D eigenvalue weighted by atomic mass is 10.1. The van der Waals surface area contributed by atoms with E-state index in [0.29, 0.717) is 19.3 Å². The summed E-state index contributed by atoms with van der Waals surface area (Å²) in [7, 11) is 0. The summed E-state index contributed by atoms with van der Waals surface area (Å²) in [5.74, 6) is -0.636. The normalized spacial score (nSPS) is 12.2. The predicted octanol–water partition coefficient (Wildman–Crippen LogP) is 6.27. The lowest BCUT2D eigenvalue weighted by Crippen LogP contribution is -2.25. The van der Waals surface area contributed by atoms with E-state index < -0.39 is 6.10 Å². The Hall–Kier alpha value is -1.36. The van der Waals surface area contributed by atoms with Gasteiger partial charge in [-0.05, 0) is 38.5 Å². The van der Waals surface area contributed by atoms with E-state index >= 15 is 0 Å². The molecule has 0 aromatic rings. The number of ether oxygens (including phenoxy) is 2. The van der Waals surface area contributed by atoms with Crippen molar-refractivity contribution in [2.75, 3.05) is 13.2 Å². The molecule has 0 saturated heterocycles. The van der Waals surface area contributed by atoms with Crippen molar-refractivity contribution in [3.8, 4) is 0 Å². The second-order valence-electron chi connectivity index (χ2n) is 8.10. The summed E-state index contributed by atoms with van der Waals surface area (Å²) in [6.07, 6.45) is 21.0. The summed E-state index contributed by atoms with van der Waals surface area (Å²) in [6.45, 7) is 3.89. The van der Waals surface area contributed by atoms with Gasteiger partial charge in [0.2, 0.25) is 0 Å². The molecule has 0 aromatic heterocycles. The lowest BCUT2D eigenvalue weighted by molar-refractivity contribution is -0.152.